The Morgan fingerprint density at radius 2 is 2.10 bits per heavy atom. The number of rotatable bonds is 0. The minimum atomic E-state index is -0.247. The first-order valence-electron chi connectivity index (χ1n) is 9.91. The molecule has 6 rings (SSSR count). The SMILES string of the molecule is Cc1nn2cc1C1=CCc3ncc(nc31)-c1c(nc3ncccn13)C(=O)NCCC2. The van der Waals surface area contributed by atoms with E-state index in [0.29, 0.717) is 35.9 Å². The van der Waals surface area contributed by atoms with Gasteiger partial charge in [0, 0.05) is 49.2 Å². The Morgan fingerprint density at radius 1 is 1.17 bits per heavy atom. The molecule has 148 valence electrons. The highest BCUT2D eigenvalue weighted by Crippen LogP contribution is 2.34. The summed E-state index contributed by atoms with van der Waals surface area (Å²) in [5.74, 6) is 0.207. The number of aromatic nitrogens is 7. The molecule has 0 saturated carbocycles. The Kier molecular flexibility index (Phi) is 3.58. The number of carbonyl (C=O) groups is 1. The Balaban J connectivity index is 1.62. The molecule has 4 aromatic heterocycles. The molecule has 1 aliphatic heterocycles. The van der Waals surface area contributed by atoms with Crippen molar-refractivity contribution in [1.29, 1.82) is 0 Å². The molecule has 0 saturated heterocycles. The van der Waals surface area contributed by atoms with E-state index in [1.807, 2.05) is 23.9 Å². The van der Waals surface area contributed by atoms with Crippen molar-refractivity contribution in [3.05, 3.63) is 65.3 Å². The molecule has 0 unspecified atom stereocenters. The molecule has 4 bridgehead atoms. The van der Waals surface area contributed by atoms with Crippen LogP contribution in [0.25, 0.3) is 22.7 Å². The van der Waals surface area contributed by atoms with Crippen LogP contribution in [0.1, 0.15) is 39.6 Å². The van der Waals surface area contributed by atoms with Gasteiger partial charge in [-0.05, 0) is 19.4 Å². The summed E-state index contributed by atoms with van der Waals surface area (Å²) in [5, 5.41) is 7.61. The van der Waals surface area contributed by atoms with Gasteiger partial charge in [0.05, 0.1) is 23.3 Å². The van der Waals surface area contributed by atoms with Crippen LogP contribution in [0.2, 0.25) is 0 Å². The zero-order valence-electron chi connectivity index (χ0n) is 16.3. The van der Waals surface area contributed by atoms with Gasteiger partial charge < -0.3 is 5.32 Å². The minimum absolute atomic E-state index is 0.247. The van der Waals surface area contributed by atoms with Crippen molar-refractivity contribution in [3.8, 4) is 11.4 Å². The van der Waals surface area contributed by atoms with Crippen LogP contribution in [-0.2, 0) is 13.0 Å². The second-order valence-electron chi connectivity index (χ2n) is 7.47. The fourth-order valence-corrected chi connectivity index (χ4v) is 4.14. The van der Waals surface area contributed by atoms with Gasteiger partial charge >= 0.3 is 0 Å². The number of aryl methyl sites for hydroxylation is 2. The number of nitrogens with one attached hydrogen (secondary N) is 1. The van der Waals surface area contributed by atoms with Gasteiger partial charge in [-0.15, -0.1) is 0 Å². The summed E-state index contributed by atoms with van der Waals surface area (Å²) >= 11 is 0. The van der Waals surface area contributed by atoms with Crippen molar-refractivity contribution in [2.45, 2.75) is 26.3 Å². The number of nitrogens with zero attached hydrogens (tertiary/aromatic N) is 7. The van der Waals surface area contributed by atoms with Gasteiger partial charge in [0.15, 0.2) is 5.69 Å². The Bertz CT molecular complexity index is 1360. The summed E-state index contributed by atoms with van der Waals surface area (Å²) in [6.07, 6.45) is 10.9. The molecule has 1 amide bonds. The van der Waals surface area contributed by atoms with Gasteiger partial charge in [0.25, 0.3) is 5.91 Å². The van der Waals surface area contributed by atoms with Crippen LogP contribution in [0, 0.1) is 6.92 Å². The van der Waals surface area contributed by atoms with E-state index in [0.717, 1.165) is 41.1 Å². The van der Waals surface area contributed by atoms with Crippen LogP contribution < -0.4 is 5.32 Å². The second kappa shape index (κ2) is 6.31. The van der Waals surface area contributed by atoms with Crippen LogP contribution in [0.15, 0.2) is 36.9 Å². The lowest BCUT2D eigenvalue weighted by molar-refractivity contribution is 0.0949. The maximum atomic E-state index is 13.0. The van der Waals surface area contributed by atoms with Gasteiger partial charge in [-0.3, -0.25) is 18.9 Å². The molecule has 9 heteroatoms. The number of hydrogen-bond donors (Lipinski definition) is 1. The monoisotopic (exact) mass is 398 g/mol. The van der Waals surface area contributed by atoms with Crippen LogP contribution in [-0.4, -0.2) is 46.6 Å². The van der Waals surface area contributed by atoms with Gasteiger partial charge in [-0.2, -0.15) is 5.10 Å². The van der Waals surface area contributed by atoms with Crippen molar-refractivity contribution in [3.63, 3.8) is 0 Å². The molecule has 2 aliphatic rings. The summed E-state index contributed by atoms with van der Waals surface area (Å²) in [7, 11) is 0. The molecule has 0 aromatic carbocycles. The predicted octanol–water partition coefficient (Wildman–Crippen LogP) is 1.81. The lowest BCUT2D eigenvalue weighted by Gasteiger charge is -2.10. The van der Waals surface area contributed by atoms with Crippen LogP contribution in [0.4, 0.5) is 0 Å². The summed E-state index contributed by atoms with van der Waals surface area (Å²) in [4.78, 5) is 31.4. The van der Waals surface area contributed by atoms with Gasteiger partial charge in [0.1, 0.15) is 11.4 Å². The van der Waals surface area contributed by atoms with Crippen molar-refractivity contribution in [1.82, 2.24) is 39.4 Å². The Hall–Kier alpha value is -3.88. The first-order chi connectivity index (χ1) is 14.7. The average Bonchev–Trinajstić information content (AvgIpc) is 3.44. The molecule has 5 heterocycles. The van der Waals surface area contributed by atoms with E-state index in [1.54, 1.807) is 16.8 Å². The lowest BCUT2D eigenvalue weighted by atomic mass is 10.1. The van der Waals surface area contributed by atoms with E-state index < -0.39 is 0 Å². The normalized spacial score (nSPS) is 15.5. The van der Waals surface area contributed by atoms with Crippen LogP contribution in [0.3, 0.4) is 0 Å². The quantitative estimate of drug-likeness (QED) is 0.485. The smallest absolute Gasteiger partial charge is 0.272 e. The standard InChI is InChI=1S/C21H18N8O/c1-12-14-11-28(27-12)8-2-6-22-20(30)18-19(29-9-3-7-23-21(29)26-18)16-10-24-15-5-4-13(14)17(15)25-16/h3-4,7,9-11H,2,5-6,8H2,1H3,(H,22,30). The van der Waals surface area contributed by atoms with Crippen molar-refractivity contribution < 1.29 is 4.79 Å². The maximum absolute atomic E-state index is 13.0. The predicted molar refractivity (Wildman–Crippen MR) is 109 cm³/mol. The number of imidazole rings is 1. The van der Waals surface area contributed by atoms with E-state index in [2.05, 4.69) is 37.6 Å². The number of fused-ring (bicyclic) bond motifs is 8. The van der Waals surface area contributed by atoms with Crippen molar-refractivity contribution in [2.75, 3.05) is 6.54 Å². The van der Waals surface area contributed by atoms with E-state index in [9.17, 15) is 4.79 Å². The highest BCUT2D eigenvalue weighted by molar-refractivity contribution is 5.99. The van der Waals surface area contributed by atoms with Gasteiger partial charge in [0.2, 0.25) is 5.78 Å². The molecular weight excluding hydrogens is 380 g/mol. The number of allylic oxidation sites excluding steroid dienone is 1. The zero-order chi connectivity index (χ0) is 20.2. The molecular formula is C21H18N8O. The summed E-state index contributed by atoms with van der Waals surface area (Å²) < 4.78 is 3.72. The topological polar surface area (TPSA) is 103 Å². The highest BCUT2D eigenvalue weighted by atomic mass is 16.1. The molecule has 1 aliphatic carbocycles. The first kappa shape index (κ1) is 17.0. The third kappa shape index (κ3) is 2.48. The van der Waals surface area contributed by atoms with Gasteiger partial charge in [-0.25, -0.2) is 15.0 Å². The fourth-order valence-electron chi connectivity index (χ4n) is 4.14. The molecule has 0 atom stereocenters. The zero-order valence-corrected chi connectivity index (χ0v) is 16.3. The second-order valence-corrected chi connectivity index (χ2v) is 7.47. The average molecular weight is 398 g/mol. The molecule has 9 nitrogen and oxygen atoms in total. The maximum Gasteiger partial charge on any atom is 0.272 e. The molecule has 0 radical (unpaired) electrons. The van der Waals surface area contributed by atoms with Crippen molar-refractivity contribution in [2.24, 2.45) is 0 Å². The van der Waals surface area contributed by atoms with Crippen LogP contribution >= 0.6 is 0 Å². The third-order valence-corrected chi connectivity index (χ3v) is 5.55. The number of hydrogen-bond acceptors (Lipinski definition) is 6. The fraction of sp³-hybridized carbons (Fsp3) is 0.238. The molecule has 4 aromatic rings. The summed E-state index contributed by atoms with van der Waals surface area (Å²) in [6.45, 7) is 3.25. The van der Waals surface area contributed by atoms with E-state index in [4.69, 9.17) is 4.98 Å². The summed E-state index contributed by atoms with van der Waals surface area (Å²) in [6, 6.07) is 1.81. The Labute approximate surface area is 171 Å². The van der Waals surface area contributed by atoms with E-state index in [1.165, 1.54) is 0 Å². The van der Waals surface area contributed by atoms with E-state index in [-0.39, 0.29) is 5.91 Å². The van der Waals surface area contributed by atoms with Crippen LogP contribution in [0.5, 0.6) is 0 Å². The molecule has 30 heavy (non-hydrogen) atoms. The number of amides is 1. The Morgan fingerprint density at radius 3 is 3.03 bits per heavy atom. The van der Waals surface area contributed by atoms with Gasteiger partial charge in [-0.1, -0.05) is 6.08 Å². The first-order valence-corrected chi connectivity index (χ1v) is 9.91. The lowest BCUT2D eigenvalue weighted by Crippen LogP contribution is -2.26. The minimum Gasteiger partial charge on any atom is -0.351 e. The largest absolute Gasteiger partial charge is 0.351 e. The van der Waals surface area contributed by atoms with Crippen molar-refractivity contribution >= 4 is 17.3 Å². The third-order valence-electron chi connectivity index (χ3n) is 5.55. The molecule has 0 spiro atoms. The molecule has 1 N–H and O–H groups in total. The van der Waals surface area contributed by atoms with E-state index >= 15 is 0 Å². The highest BCUT2D eigenvalue weighted by Gasteiger charge is 2.26. The summed E-state index contributed by atoms with van der Waals surface area (Å²) in [5.41, 5.74) is 6.32. The number of carbonyl (C=O) groups excluding carboxylic acids is 1. The molecule has 0 fully saturated rings.